The molecule has 5 heteroatoms. The molecule has 0 spiro atoms. The molecule has 0 fully saturated rings. The normalized spacial score (nSPS) is 12.2. The number of aldehydes is 1. The molecule has 23 heavy (non-hydrogen) atoms. The van der Waals surface area contributed by atoms with Gasteiger partial charge in [0.1, 0.15) is 6.29 Å². The fourth-order valence-electron chi connectivity index (χ4n) is 2.75. The van der Waals surface area contributed by atoms with Crippen LogP contribution in [0.4, 0.5) is 0 Å². The van der Waals surface area contributed by atoms with Gasteiger partial charge in [0.15, 0.2) is 0 Å². The highest BCUT2D eigenvalue weighted by Gasteiger charge is 2.17. The van der Waals surface area contributed by atoms with E-state index in [0.29, 0.717) is 12.8 Å². The smallest absolute Gasteiger partial charge is 0.219 e. The number of nitrogens with one attached hydrogen (secondary N) is 1. The van der Waals surface area contributed by atoms with Crippen molar-refractivity contribution in [2.45, 2.75) is 39.2 Å². The third-order valence-corrected chi connectivity index (χ3v) is 4.20. The number of pyridine rings is 1. The molecule has 1 atom stereocenters. The summed E-state index contributed by atoms with van der Waals surface area (Å²) in [7, 11) is 1.59. The molecule has 0 aliphatic heterocycles. The molecule has 122 valence electrons. The molecule has 1 amide bonds. The van der Waals surface area contributed by atoms with Crippen molar-refractivity contribution in [3.05, 3.63) is 40.6 Å². The van der Waals surface area contributed by atoms with Gasteiger partial charge in [0, 0.05) is 30.5 Å². The van der Waals surface area contributed by atoms with E-state index in [2.05, 4.69) is 10.3 Å². The molecular weight excluding hydrogens is 292 g/mol. The predicted molar refractivity (Wildman–Crippen MR) is 89.2 cm³/mol. The Morgan fingerprint density at radius 3 is 2.70 bits per heavy atom. The summed E-state index contributed by atoms with van der Waals surface area (Å²) < 4.78 is 0. The fraction of sp³-hybridized carbons (Fsp3) is 0.389. The molecule has 1 aromatic carbocycles. The first kappa shape index (κ1) is 17.1. The number of aliphatic hydroxyl groups is 1. The summed E-state index contributed by atoms with van der Waals surface area (Å²) in [6.45, 7) is 3.78. The topological polar surface area (TPSA) is 79.3 Å². The van der Waals surface area contributed by atoms with Crippen LogP contribution in [-0.2, 0) is 16.2 Å². The summed E-state index contributed by atoms with van der Waals surface area (Å²) in [5, 5.41) is 12.9. The van der Waals surface area contributed by atoms with E-state index in [1.165, 1.54) is 0 Å². The van der Waals surface area contributed by atoms with Crippen LogP contribution in [0.1, 0.15) is 41.1 Å². The Morgan fingerprint density at radius 2 is 2.09 bits per heavy atom. The van der Waals surface area contributed by atoms with Gasteiger partial charge in [-0.05, 0) is 55.2 Å². The zero-order chi connectivity index (χ0) is 17.0. The monoisotopic (exact) mass is 314 g/mol. The van der Waals surface area contributed by atoms with Crippen LogP contribution in [0.2, 0.25) is 0 Å². The second kappa shape index (κ2) is 7.33. The van der Waals surface area contributed by atoms with Crippen molar-refractivity contribution in [2.24, 2.45) is 0 Å². The highest BCUT2D eigenvalue weighted by atomic mass is 16.3. The Bertz CT molecular complexity index is 741. The van der Waals surface area contributed by atoms with Crippen molar-refractivity contribution in [3.8, 4) is 0 Å². The number of aliphatic hydroxyl groups excluding tert-OH is 1. The number of benzene rings is 1. The number of hydrogen-bond donors (Lipinski definition) is 2. The summed E-state index contributed by atoms with van der Waals surface area (Å²) in [6.07, 6.45) is 1.65. The van der Waals surface area contributed by atoms with E-state index in [-0.39, 0.29) is 18.4 Å². The molecule has 0 aliphatic rings. The quantitative estimate of drug-likeness (QED) is 0.801. The van der Waals surface area contributed by atoms with Crippen molar-refractivity contribution in [3.63, 3.8) is 0 Å². The minimum absolute atomic E-state index is 0.0205. The molecule has 0 bridgehead atoms. The van der Waals surface area contributed by atoms with Crippen molar-refractivity contribution < 1.29 is 14.7 Å². The maximum atomic E-state index is 11.5. The van der Waals surface area contributed by atoms with Crippen molar-refractivity contribution >= 4 is 23.1 Å². The average molecular weight is 314 g/mol. The van der Waals surface area contributed by atoms with Gasteiger partial charge in [-0.15, -0.1) is 0 Å². The van der Waals surface area contributed by atoms with Crippen LogP contribution in [0.3, 0.4) is 0 Å². The van der Waals surface area contributed by atoms with Gasteiger partial charge in [0.2, 0.25) is 5.91 Å². The van der Waals surface area contributed by atoms with E-state index in [0.717, 1.165) is 39.6 Å². The van der Waals surface area contributed by atoms with E-state index >= 15 is 0 Å². The molecule has 1 aromatic heterocycles. The minimum Gasteiger partial charge on any atom is -0.392 e. The number of nitrogens with zero attached hydrogens (tertiary/aromatic N) is 1. The third kappa shape index (κ3) is 3.74. The first-order valence-corrected chi connectivity index (χ1v) is 7.67. The van der Waals surface area contributed by atoms with E-state index < -0.39 is 0 Å². The molecule has 5 nitrogen and oxygen atoms in total. The van der Waals surface area contributed by atoms with Crippen LogP contribution >= 0.6 is 0 Å². The van der Waals surface area contributed by atoms with Crippen LogP contribution < -0.4 is 5.32 Å². The van der Waals surface area contributed by atoms with Gasteiger partial charge in [-0.25, -0.2) is 0 Å². The number of aromatic nitrogens is 1. The highest BCUT2D eigenvalue weighted by molar-refractivity contribution is 5.83. The lowest BCUT2D eigenvalue weighted by Gasteiger charge is -2.15. The maximum Gasteiger partial charge on any atom is 0.219 e. The Morgan fingerprint density at radius 1 is 1.35 bits per heavy atom. The van der Waals surface area contributed by atoms with Gasteiger partial charge in [0.05, 0.1) is 12.1 Å². The second-order valence-electron chi connectivity index (χ2n) is 5.75. The van der Waals surface area contributed by atoms with Gasteiger partial charge in [-0.3, -0.25) is 9.78 Å². The van der Waals surface area contributed by atoms with E-state index in [9.17, 15) is 14.7 Å². The van der Waals surface area contributed by atoms with Crippen LogP contribution in [-0.4, -0.2) is 29.3 Å². The van der Waals surface area contributed by atoms with Gasteiger partial charge in [-0.1, -0.05) is 0 Å². The zero-order valence-corrected chi connectivity index (χ0v) is 13.7. The zero-order valence-electron chi connectivity index (χ0n) is 13.7. The largest absolute Gasteiger partial charge is 0.392 e. The van der Waals surface area contributed by atoms with E-state index in [1.54, 1.807) is 7.05 Å². The fourth-order valence-corrected chi connectivity index (χ4v) is 2.75. The average Bonchev–Trinajstić information content (AvgIpc) is 2.55. The Kier molecular flexibility index (Phi) is 5.45. The van der Waals surface area contributed by atoms with Crippen LogP contribution in [0.25, 0.3) is 10.9 Å². The maximum absolute atomic E-state index is 11.5. The molecule has 2 N–H and O–H groups in total. The van der Waals surface area contributed by atoms with Gasteiger partial charge in [-0.2, -0.15) is 0 Å². The van der Waals surface area contributed by atoms with Gasteiger partial charge >= 0.3 is 0 Å². The predicted octanol–water partition coefficient (Wildman–Crippen LogP) is 2.15. The number of aryl methyl sites for hydroxylation is 2. The Labute approximate surface area is 135 Å². The number of carbonyl (C=O) groups is 2. The molecule has 1 heterocycles. The number of rotatable bonds is 6. The van der Waals surface area contributed by atoms with Crippen molar-refractivity contribution in [1.82, 2.24) is 10.3 Å². The van der Waals surface area contributed by atoms with Crippen LogP contribution in [0.15, 0.2) is 18.2 Å². The van der Waals surface area contributed by atoms with Gasteiger partial charge < -0.3 is 15.2 Å². The molecule has 2 aromatic rings. The summed E-state index contributed by atoms with van der Waals surface area (Å²) in [6, 6.07) is 5.81. The Hall–Kier alpha value is -2.27. The van der Waals surface area contributed by atoms with Crippen LogP contribution in [0.5, 0.6) is 0 Å². The second-order valence-corrected chi connectivity index (χ2v) is 5.75. The van der Waals surface area contributed by atoms with Gasteiger partial charge in [0.25, 0.3) is 0 Å². The lowest BCUT2D eigenvalue weighted by atomic mass is 9.92. The van der Waals surface area contributed by atoms with Crippen LogP contribution in [0, 0.1) is 13.8 Å². The molecule has 0 saturated heterocycles. The molecule has 0 radical (unpaired) electrons. The summed E-state index contributed by atoms with van der Waals surface area (Å²) >= 11 is 0. The first-order valence-electron chi connectivity index (χ1n) is 7.67. The first-order chi connectivity index (χ1) is 11.0. The standard InChI is InChI=1S/C18H22N2O3/c1-11-6-14-7-16(13(9-21)4-5-18(23)19-3)12(2)20-17(14)8-15(11)10-22/h6-9,13,22H,4-5,10H2,1-3H3,(H,19,23). The number of amides is 1. The SMILES string of the molecule is CNC(=O)CCC(C=O)c1cc2cc(C)c(CO)cc2nc1C. The molecule has 0 saturated carbocycles. The molecule has 1 unspecified atom stereocenters. The summed E-state index contributed by atoms with van der Waals surface area (Å²) in [4.78, 5) is 27.5. The lowest BCUT2D eigenvalue weighted by Crippen LogP contribution is -2.18. The molecular formula is C18H22N2O3. The van der Waals surface area contributed by atoms with E-state index in [1.807, 2.05) is 32.0 Å². The number of fused-ring (bicyclic) bond motifs is 1. The summed E-state index contributed by atoms with van der Waals surface area (Å²) in [5.41, 5.74) is 4.27. The number of hydrogen-bond acceptors (Lipinski definition) is 4. The lowest BCUT2D eigenvalue weighted by molar-refractivity contribution is -0.120. The van der Waals surface area contributed by atoms with Crippen molar-refractivity contribution in [2.75, 3.05) is 7.05 Å². The van der Waals surface area contributed by atoms with E-state index in [4.69, 9.17) is 0 Å². The van der Waals surface area contributed by atoms with Crippen molar-refractivity contribution in [1.29, 1.82) is 0 Å². The number of carbonyl (C=O) groups excluding carboxylic acids is 2. The summed E-state index contributed by atoms with van der Waals surface area (Å²) in [5.74, 6) is -0.422. The highest BCUT2D eigenvalue weighted by Crippen LogP contribution is 2.27. The molecule has 0 aliphatic carbocycles. The third-order valence-electron chi connectivity index (χ3n) is 4.20. The molecule has 2 rings (SSSR count). The minimum atomic E-state index is -0.345. The Balaban J connectivity index is 2.41.